The van der Waals surface area contributed by atoms with Crippen molar-refractivity contribution in [1.29, 1.82) is 0 Å². The van der Waals surface area contributed by atoms with Crippen LogP contribution in [0, 0.1) is 6.92 Å². The fraction of sp³-hybridized carbons (Fsp3) is 0.417. The Bertz CT molecular complexity index is 418. The van der Waals surface area contributed by atoms with Crippen molar-refractivity contribution in [2.45, 2.75) is 26.7 Å². The molecule has 0 fully saturated rings. The van der Waals surface area contributed by atoms with Gasteiger partial charge in [0.25, 0.3) is 0 Å². The number of halogens is 2. The zero-order valence-electron chi connectivity index (χ0n) is 11.3. The van der Waals surface area contributed by atoms with Crippen molar-refractivity contribution < 1.29 is 13.1 Å². The second-order valence-corrected chi connectivity index (χ2v) is 5.67. The summed E-state index contributed by atoms with van der Waals surface area (Å²) in [5.74, 6) is 0. The van der Waals surface area contributed by atoms with Crippen molar-refractivity contribution in [2.24, 2.45) is 5.10 Å². The predicted molar refractivity (Wildman–Crippen MR) is 88.3 cm³/mol. The van der Waals surface area contributed by atoms with Crippen LogP contribution in [0.2, 0.25) is 0 Å². The Kier molecular flexibility index (Phi) is 13.6. The topological polar surface area (TPSA) is 51.4 Å². The van der Waals surface area contributed by atoms with E-state index in [9.17, 15) is 0 Å². The summed E-state index contributed by atoms with van der Waals surface area (Å²) < 4.78 is 0. The molecule has 0 aromatic carbocycles. The summed E-state index contributed by atoms with van der Waals surface area (Å²) in [5.41, 5.74) is 5.68. The summed E-state index contributed by atoms with van der Waals surface area (Å²) in [6.07, 6.45) is 3.86. The average molecular weight is 385 g/mol. The minimum atomic E-state index is 0.530. The van der Waals surface area contributed by atoms with Gasteiger partial charge in [-0.25, -0.2) is 0 Å². The standard InChI is InChI=1S/C12H18N4S.2ClH.Cu/c1-3-4-8-13-12(17)16-14-9-11-7-5-6-10(2)15-11;;;/h5-7,9H,3-4,8H2,1-2H3,(H2,13,15,16,17);2*1H;/q;;;+2/p-2. The van der Waals surface area contributed by atoms with E-state index >= 15 is 0 Å². The maximum atomic E-state index is 4.67. The molecule has 0 atom stereocenters. The van der Waals surface area contributed by atoms with Gasteiger partial charge in [0, 0.05) is 18.5 Å². The summed E-state index contributed by atoms with van der Waals surface area (Å²) in [6, 6.07) is 5.76. The SMILES string of the molecule is CCCCNC(=[SH+])[N-]N=Cc1cccc(C)n1.[Cl][Cu][Cl]. The van der Waals surface area contributed by atoms with E-state index in [0.717, 1.165) is 43.9 Å². The summed E-state index contributed by atoms with van der Waals surface area (Å²) in [4.78, 5) is 4.28. The van der Waals surface area contributed by atoms with E-state index in [0.29, 0.717) is 5.11 Å². The van der Waals surface area contributed by atoms with Crippen molar-refractivity contribution >= 4 is 43.7 Å². The van der Waals surface area contributed by atoms with Crippen molar-refractivity contribution in [3.05, 3.63) is 35.0 Å². The quantitative estimate of drug-likeness (QED) is 0.161. The van der Waals surface area contributed by atoms with Gasteiger partial charge >= 0.3 is 33.3 Å². The number of nitrogens with zero attached hydrogens (tertiary/aromatic N) is 3. The fourth-order valence-electron chi connectivity index (χ4n) is 1.19. The van der Waals surface area contributed by atoms with Crippen molar-refractivity contribution in [3.8, 4) is 0 Å². The molecule has 1 aromatic rings. The van der Waals surface area contributed by atoms with Crippen molar-refractivity contribution in [1.82, 2.24) is 10.3 Å². The van der Waals surface area contributed by atoms with Crippen LogP contribution in [0.5, 0.6) is 0 Å². The zero-order valence-corrected chi connectivity index (χ0v) is 14.6. The Hall–Kier alpha value is -0.231. The van der Waals surface area contributed by atoms with Crippen LogP contribution in [0.4, 0.5) is 0 Å². The third-order valence-corrected chi connectivity index (χ3v) is 2.31. The molecule has 0 saturated carbocycles. The molecule has 1 aromatic heterocycles. The molecule has 0 spiro atoms. The Morgan fingerprint density at radius 1 is 1.55 bits per heavy atom. The average Bonchev–Trinajstić information content (AvgIpc) is 2.40. The minimum absolute atomic E-state index is 0.530. The van der Waals surface area contributed by atoms with Crippen LogP contribution < -0.4 is 5.32 Å². The number of thiol groups is 1. The fourth-order valence-corrected chi connectivity index (χ4v) is 1.35. The molecule has 0 aliphatic heterocycles. The number of nitrogens with one attached hydrogen (secondary N) is 1. The van der Waals surface area contributed by atoms with Gasteiger partial charge in [-0.3, -0.25) is 10.3 Å². The third kappa shape index (κ3) is 11.6. The number of hydrogen-bond acceptors (Lipinski definition) is 2. The van der Waals surface area contributed by atoms with Crippen LogP contribution in [0.15, 0.2) is 23.3 Å². The molecule has 0 radical (unpaired) electrons. The van der Waals surface area contributed by atoms with Crippen LogP contribution in [0.1, 0.15) is 31.2 Å². The molecule has 1 rings (SSSR count). The second kappa shape index (κ2) is 13.7. The molecule has 0 unspecified atom stereocenters. The number of rotatable bonds is 5. The van der Waals surface area contributed by atoms with E-state index in [1.165, 1.54) is 0 Å². The van der Waals surface area contributed by atoms with E-state index < -0.39 is 0 Å². The molecule has 4 nitrogen and oxygen atoms in total. The summed E-state index contributed by atoms with van der Waals surface area (Å²) >= 11 is 4.93. The monoisotopic (exact) mass is 383 g/mol. The second-order valence-electron chi connectivity index (χ2n) is 3.70. The first-order chi connectivity index (χ1) is 9.63. The molecular formula is C12H18Cl2CuN4S. The van der Waals surface area contributed by atoms with E-state index in [1.54, 1.807) is 6.21 Å². The molecule has 1 N–H and O–H groups in total. The van der Waals surface area contributed by atoms with Gasteiger partial charge in [-0.1, -0.05) is 19.4 Å². The third-order valence-electron chi connectivity index (χ3n) is 2.07. The van der Waals surface area contributed by atoms with Crippen LogP contribution in [0.25, 0.3) is 5.43 Å². The maximum absolute atomic E-state index is 4.67. The molecule has 8 heteroatoms. The predicted octanol–water partition coefficient (Wildman–Crippen LogP) is 3.23. The number of unbranched alkanes of at least 4 members (excludes halogenated alkanes) is 1. The number of hydrogen-bond donors (Lipinski definition) is 1. The Balaban J connectivity index is 0.00000110. The molecule has 20 heavy (non-hydrogen) atoms. The molecule has 1 heterocycles. The van der Waals surface area contributed by atoms with Crippen LogP contribution in [-0.4, -0.2) is 22.9 Å². The molecule has 0 amide bonds. The first kappa shape index (κ1) is 19.8. The van der Waals surface area contributed by atoms with Gasteiger partial charge in [-0.2, -0.15) is 0 Å². The number of aryl methyl sites for hydroxylation is 1. The van der Waals surface area contributed by atoms with Gasteiger partial charge in [0.1, 0.15) is 0 Å². The van der Waals surface area contributed by atoms with E-state index in [-0.39, 0.29) is 0 Å². The number of pyridine rings is 1. The molecule has 0 aliphatic rings. The number of aromatic nitrogens is 1. The van der Waals surface area contributed by atoms with Gasteiger partial charge in [0.2, 0.25) is 0 Å². The molecule has 117 valence electrons. The van der Waals surface area contributed by atoms with Crippen molar-refractivity contribution in [3.63, 3.8) is 0 Å². The Labute approximate surface area is 140 Å². The van der Waals surface area contributed by atoms with Gasteiger partial charge in [0.15, 0.2) is 17.3 Å². The molecule has 0 aliphatic carbocycles. The normalized spacial score (nSPS) is 10.2. The van der Waals surface area contributed by atoms with E-state index in [1.807, 2.05) is 25.1 Å². The zero-order chi connectivity index (χ0) is 15.2. The van der Waals surface area contributed by atoms with Crippen LogP contribution >= 0.6 is 20.2 Å². The first-order valence-electron chi connectivity index (χ1n) is 5.92. The van der Waals surface area contributed by atoms with Gasteiger partial charge < -0.3 is 10.5 Å². The van der Waals surface area contributed by atoms with Crippen LogP contribution in [-0.2, 0) is 25.4 Å². The van der Waals surface area contributed by atoms with Gasteiger partial charge in [-0.05, 0) is 25.5 Å². The van der Waals surface area contributed by atoms with Gasteiger partial charge in [-0.15, -0.1) is 0 Å². The Morgan fingerprint density at radius 2 is 2.25 bits per heavy atom. The van der Waals surface area contributed by atoms with Gasteiger partial charge in [0.05, 0.1) is 5.69 Å². The first-order valence-corrected chi connectivity index (χ1v) is 8.96. The summed E-state index contributed by atoms with van der Waals surface area (Å²) in [6.45, 7) is 4.95. The van der Waals surface area contributed by atoms with E-state index in [2.05, 4.69) is 60.2 Å². The molecule has 0 bridgehead atoms. The Morgan fingerprint density at radius 3 is 2.85 bits per heavy atom. The molecule has 0 saturated heterocycles. The molecular weight excluding hydrogens is 367 g/mol. The van der Waals surface area contributed by atoms with Crippen molar-refractivity contribution in [2.75, 3.05) is 6.54 Å². The summed E-state index contributed by atoms with van der Waals surface area (Å²) in [7, 11) is 9.34. The van der Waals surface area contributed by atoms with E-state index in [4.69, 9.17) is 0 Å². The summed E-state index contributed by atoms with van der Waals surface area (Å²) in [5, 5.41) is 7.51. The van der Waals surface area contributed by atoms with Crippen LogP contribution in [0.3, 0.4) is 0 Å².